The third-order valence-corrected chi connectivity index (χ3v) is 2.98. The second kappa shape index (κ2) is 4.03. The lowest BCUT2D eigenvalue weighted by atomic mass is 9.90. The molecule has 3 heteroatoms. The predicted octanol–water partition coefficient (Wildman–Crippen LogP) is 1.20. The van der Waals surface area contributed by atoms with Crippen LogP contribution in [0.15, 0.2) is 24.3 Å². The van der Waals surface area contributed by atoms with Gasteiger partial charge in [-0.1, -0.05) is 18.2 Å². The summed E-state index contributed by atoms with van der Waals surface area (Å²) in [6.07, 6.45) is 1.30. The minimum atomic E-state index is -0.0603. The fraction of sp³-hybridized carbons (Fsp3) is 0.417. The topological polar surface area (TPSA) is 40.5 Å². The molecule has 0 aromatic heterocycles. The van der Waals surface area contributed by atoms with Crippen molar-refractivity contribution in [2.75, 3.05) is 18.6 Å². The van der Waals surface area contributed by atoms with Gasteiger partial charge in [-0.25, -0.2) is 0 Å². The molecular weight excluding hydrogens is 190 g/mol. The molecule has 2 rings (SSSR count). The van der Waals surface area contributed by atoms with E-state index in [1.54, 1.807) is 11.9 Å². The van der Waals surface area contributed by atoms with Crippen molar-refractivity contribution < 1.29 is 9.90 Å². The molecule has 15 heavy (non-hydrogen) atoms. The largest absolute Gasteiger partial charge is 0.396 e. The molecule has 1 aliphatic rings. The molecule has 1 atom stereocenters. The van der Waals surface area contributed by atoms with Gasteiger partial charge in [-0.05, 0) is 24.5 Å². The van der Waals surface area contributed by atoms with Gasteiger partial charge in [0.15, 0.2) is 0 Å². The van der Waals surface area contributed by atoms with Crippen LogP contribution in [-0.4, -0.2) is 24.7 Å². The summed E-state index contributed by atoms with van der Waals surface area (Å²) in [7, 11) is 1.80. The van der Waals surface area contributed by atoms with E-state index in [2.05, 4.69) is 0 Å². The van der Waals surface area contributed by atoms with Gasteiger partial charge in [0.25, 0.3) is 0 Å². The third-order valence-electron chi connectivity index (χ3n) is 2.98. The molecule has 1 heterocycles. The van der Waals surface area contributed by atoms with Crippen molar-refractivity contribution in [3.8, 4) is 0 Å². The summed E-state index contributed by atoms with van der Waals surface area (Å²) >= 11 is 0. The molecule has 0 spiro atoms. The van der Waals surface area contributed by atoms with E-state index in [4.69, 9.17) is 5.11 Å². The molecule has 1 aromatic rings. The number of nitrogens with zero attached hydrogens (tertiary/aromatic N) is 1. The zero-order valence-electron chi connectivity index (χ0n) is 8.81. The van der Waals surface area contributed by atoms with E-state index in [1.165, 1.54) is 5.56 Å². The van der Waals surface area contributed by atoms with Crippen LogP contribution in [0.1, 0.15) is 12.0 Å². The SMILES string of the molecule is CN1C(=O)C(CCO)Cc2ccccc21. The van der Waals surface area contributed by atoms with E-state index in [9.17, 15) is 4.79 Å². The number of carbonyl (C=O) groups is 1. The Hall–Kier alpha value is -1.35. The number of anilines is 1. The summed E-state index contributed by atoms with van der Waals surface area (Å²) in [6.45, 7) is 0.0758. The number of fused-ring (bicyclic) bond motifs is 1. The van der Waals surface area contributed by atoms with Gasteiger partial charge >= 0.3 is 0 Å². The van der Waals surface area contributed by atoms with E-state index < -0.39 is 0 Å². The summed E-state index contributed by atoms with van der Waals surface area (Å²) < 4.78 is 0. The summed E-state index contributed by atoms with van der Waals surface area (Å²) in [6, 6.07) is 7.93. The average Bonchev–Trinajstić information content (AvgIpc) is 2.26. The first-order chi connectivity index (χ1) is 7.24. The van der Waals surface area contributed by atoms with E-state index in [1.807, 2.05) is 24.3 Å². The molecule has 0 fully saturated rings. The summed E-state index contributed by atoms with van der Waals surface area (Å²) in [5, 5.41) is 8.90. The molecule has 1 N–H and O–H groups in total. The van der Waals surface area contributed by atoms with Gasteiger partial charge in [0.1, 0.15) is 0 Å². The van der Waals surface area contributed by atoms with Crippen molar-refractivity contribution in [3.05, 3.63) is 29.8 Å². The minimum Gasteiger partial charge on any atom is -0.396 e. The molecule has 1 aliphatic heterocycles. The van der Waals surface area contributed by atoms with Crippen LogP contribution in [0, 0.1) is 5.92 Å². The molecule has 80 valence electrons. The number of benzene rings is 1. The van der Waals surface area contributed by atoms with Gasteiger partial charge in [-0.3, -0.25) is 4.79 Å². The summed E-state index contributed by atoms with van der Waals surface area (Å²) in [5.74, 6) is 0.0534. The number of aliphatic hydroxyl groups excluding tert-OH is 1. The fourth-order valence-corrected chi connectivity index (χ4v) is 2.14. The van der Waals surface area contributed by atoms with Crippen LogP contribution in [0.4, 0.5) is 5.69 Å². The van der Waals surface area contributed by atoms with Crippen molar-refractivity contribution in [1.29, 1.82) is 0 Å². The Bertz CT molecular complexity index is 376. The Labute approximate surface area is 89.3 Å². The molecule has 1 unspecified atom stereocenters. The van der Waals surface area contributed by atoms with Crippen molar-refractivity contribution >= 4 is 11.6 Å². The maximum Gasteiger partial charge on any atom is 0.230 e. The number of hydrogen-bond donors (Lipinski definition) is 1. The van der Waals surface area contributed by atoms with Crippen LogP contribution >= 0.6 is 0 Å². The molecule has 1 aromatic carbocycles. The zero-order valence-corrected chi connectivity index (χ0v) is 8.81. The maximum absolute atomic E-state index is 11.9. The molecule has 3 nitrogen and oxygen atoms in total. The highest BCUT2D eigenvalue weighted by molar-refractivity contribution is 5.97. The Balaban J connectivity index is 2.32. The van der Waals surface area contributed by atoms with Gasteiger partial charge in [0.2, 0.25) is 5.91 Å². The van der Waals surface area contributed by atoms with Crippen molar-refractivity contribution in [2.24, 2.45) is 5.92 Å². The van der Waals surface area contributed by atoms with Gasteiger partial charge < -0.3 is 10.0 Å². The highest BCUT2D eigenvalue weighted by atomic mass is 16.3. The van der Waals surface area contributed by atoms with E-state index in [-0.39, 0.29) is 18.4 Å². The van der Waals surface area contributed by atoms with Crippen LogP contribution in [0.25, 0.3) is 0 Å². The van der Waals surface area contributed by atoms with Crippen molar-refractivity contribution in [3.63, 3.8) is 0 Å². The average molecular weight is 205 g/mol. The Morgan fingerprint density at radius 2 is 2.20 bits per heavy atom. The first-order valence-electron chi connectivity index (χ1n) is 5.20. The van der Waals surface area contributed by atoms with E-state index in [0.717, 1.165) is 12.1 Å². The van der Waals surface area contributed by atoms with Gasteiger partial charge in [0, 0.05) is 25.3 Å². The molecular formula is C12H15NO2. The number of rotatable bonds is 2. The molecule has 0 bridgehead atoms. The first-order valence-corrected chi connectivity index (χ1v) is 5.20. The standard InChI is InChI=1S/C12H15NO2/c1-13-11-5-3-2-4-9(11)8-10(6-7-14)12(13)15/h2-5,10,14H,6-8H2,1H3. The minimum absolute atomic E-state index is 0.0603. The highest BCUT2D eigenvalue weighted by Crippen LogP contribution is 2.30. The number of aliphatic hydroxyl groups is 1. The second-order valence-corrected chi connectivity index (χ2v) is 3.94. The van der Waals surface area contributed by atoms with E-state index in [0.29, 0.717) is 6.42 Å². The molecule has 0 saturated carbocycles. The van der Waals surface area contributed by atoms with Crippen LogP contribution in [0.2, 0.25) is 0 Å². The number of amides is 1. The first kappa shape index (κ1) is 10.2. The predicted molar refractivity (Wildman–Crippen MR) is 58.7 cm³/mol. The Morgan fingerprint density at radius 1 is 1.47 bits per heavy atom. The van der Waals surface area contributed by atoms with E-state index >= 15 is 0 Å². The Kier molecular flexibility index (Phi) is 2.73. The lowest BCUT2D eigenvalue weighted by molar-refractivity contribution is -0.123. The van der Waals surface area contributed by atoms with Gasteiger partial charge in [0.05, 0.1) is 0 Å². The molecule has 1 amide bonds. The zero-order chi connectivity index (χ0) is 10.8. The number of carbonyl (C=O) groups excluding carboxylic acids is 1. The third kappa shape index (κ3) is 1.75. The monoisotopic (exact) mass is 205 g/mol. The fourth-order valence-electron chi connectivity index (χ4n) is 2.14. The normalized spacial score (nSPS) is 20.3. The highest BCUT2D eigenvalue weighted by Gasteiger charge is 2.29. The van der Waals surface area contributed by atoms with Crippen molar-refractivity contribution in [1.82, 2.24) is 0 Å². The van der Waals surface area contributed by atoms with Crippen LogP contribution in [0.5, 0.6) is 0 Å². The van der Waals surface area contributed by atoms with Gasteiger partial charge in [-0.15, -0.1) is 0 Å². The number of para-hydroxylation sites is 1. The summed E-state index contributed by atoms with van der Waals surface area (Å²) in [4.78, 5) is 13.6. The van der Waals surface area contributed by atoms with Crippen LogP contribution in [-0.2, 0) is 11.2 Å². The Morgan fingerprint density at radius 3 is 2.93 bits per heavy atom. The van der Waals surface area contributed by atoms with Crippen LogP contribution in [0.3, 0.4) is 0 Å². The second-order valence-electron chi connectivity index (χ2n) is 3.94. The van der Waals surface area contributed by atoms with Crippen molar-refractivity contribution in [2.45, 2.75) is 12.8 Å². The molecule has 0 radical (unpaired) electrons. The lowest BCUT2D eigenvalue weighted by Gasteiger charge is -2.31. The van der Waals surface area contributed by atoms with Gasteiger partial charge in [-0.2, -0.15) is 0 Å². The maximum atomic E-state index is 11.9. The van der Waals surface area contributed by atoms with Crippen LogP contribution < -0.4 is 4.90 Å². The number of hydrogen-bond acceptors (Lipinski definition) is 2. The molecule has 0 aliphatic carbocycles. The quantitative estimate of drug-likeness (QED) is 0.788. The molecule has 0 saturated heterocycles. The summed E-state index contributed by atoms with van der Waals surface area (Å²) in [5.41, 5.74) is 2.19. The lowest BCUT2D eigenvalue weighted by Crippen LogP contribution is -2.38. The smallest absolute Gasteiger partial charge is 0.230 e.